The SMILES string of the molecule is O=C(N[C@@H](Cn1ccnc1)C(=O)O)OCC1c2ccccc2-c2ccccc21. The van der Waals surface area contributed by atoms with Gasteiger partial charge in [0.05, 0.1) is 12.9 Å². The molecule has 4 rings (SSSR count). The number of carboxylic acid groups (broad SMARTS) is 1. The van der Waals surface area contributed by atoms with Crippen molar-refractivity contribution in [3.63, 3.8) is 0 Å². The van der Waals surface area contributed by atoms with Gasteiger partial charge in [-0.3, -0.25) is 0 Å². The summed E-state index contributed by atoms with van der Waals surface area (Å²) in [6.07, 6.45) is 3.92. The largest absolute Gasteiger partial charge is 0.480 e. The first-order valence-corrected chi connectivity index (χ1v) is 8.93. The first-order valence-electron chi connectivity index (χ1n) is 8.93. The highest BCUT2D eigenvalue weighted by Crippen LogP contribution is 2.44. The van der Waals surface area contributed by atoms with Crippen molar-refractivity contribution in [2.45, 2.75) is 18.5 Å². The first kappa shape index (κ1) is 17.8. The number of imidazole rings is 1. The van der Waals surface area contributed by atoms with Crippen LogP contribution in [0.25, 0.3) is 11.1 Å². The number of aromatic nitrogens is 2. The van der Waals surface area contributed by atoms with E-state index in [-0.39, 0.29) is 19.1 Å². The monoisotopic (exact) mass is 377 g/mol. The number of nitrogens with zero attached hydrogens (tertiary/aromatic N) is 2. The van der Waals surface area contributed by atoms with E-state index >= 15 is 0 Å². The third-order valence-electron chi connectivity index (χ3n) is 4.89. The van der Waals surface area contributed by atoms with Crippen molar-refractivity contribution in [3.05, 3.63) is 78.4 Å². The van der Waals surface area contributed by atoms with E-state index in [9.17, 15) is 14.7 Å². The van der Waals surface area contributed by atoms with E-state index in [1.165, 1.54) is 6.33 Å². The highest BCUT2D eigenvalue weighted by Gasteiger charge is 2.29. The molecule has 0 aliphatic heterocycles. The van der Waals surface area contributed by atoms with E-state index in [4.69, 9.17) is 4.74 Å². The van der Waals surface area contributed by atoms with Crippen LogP contribution in [0.1, 0.15) is 17.0 Å². The molecule has 0 fully saturated rings. The smallest absolute Gasteiger partial charge is 0.407 e. The number of aliphatic carboxylic acids is 1. The number of fused-ring (bicyclic) bond motifs is 3. The topological polar surface area (TPSA) is 93.5 Å². The molecule has 7 heteroatoms. The van der Waals surface area contributed by atoms with Gasteiger partial charge in [0.25, 0.3) is 0 Å². The Morgan fingerprint density at radius 2 is 1.75 bits per heavy atom. The standard InChI is InChI=1S/C21H19N3O4/c25-20(26)19(11-24-10-9-22-13-24)23-21(27)28-12-18-16-7-3-1-5-14(16)15-6-2-4-8-17(15)18/h1-10,13,18-19H,11-12H2,(H,23,27)(H,25,26)/t19-/m0/s1. The van der Waals surface area contributed by atoms with Gasteiger partial charge in [0, 0.05) is 18.3 Å². The zero-order valence-corrected chi connectivity index (χ0v) is 15.0. The number of rotatable bonds is 6. The van der Waals surface area contributed by atoms with Crippen LogP contribution in [0.2, 0.25) is 0 Å². The molecule has 142 valence electrons. The number of ether oxygens (including phenoxy) is 1. The first-order chi connectivity index (χ1) is 13.6. The van der Waals surface area contributed by atoms with E-state index in [0.29, 0.717) is 0 Å². The maximum absolute atomic E-state index is 12.2. The summed E-state index contributed by atoms with van der Waals surface area (Å²) in [4.78, 5) is 27.6. The molecule has 1 aliphatic carbocycles. The number of carbonyl (C=O) groups excluding carboxylic acids is 1. The van der Waals surface area contributed by atoms with Crippen molar-refractivity contribution < 1.29 is 19.4 Å². The van der Waals surface area contributed by atoms with Gasteiger partial charge in [-0.05, 0) is 22.3 Å². The number of benzene rings is 2. The lowest BCUT2D eigenvalue weighted by Gasteiger charge is -2.17. The van der Waals surface area contributed by atoms with Crippen molar-refractivity contribution >= 4 is 12.1 Å². The van der Waals surface area contributed by atoms with Gasteiger partial charge in [-0.1, -0.05) is 48.5 Å². The van der Waals surface area contributed by atoms with Gasteiger partial charge in [-0.25, -0.2) is 14.6 Å². The Morgan fingerprint density at radius 1 is 1.11 bits per heavy atom. The van der Waals surface area contributed by atoms with Crippen LogP contribution < -0.4 is 5.32 Å². The van der Waals surface area contributed by atoms with Gasteiger partial charge >= 0.3 is 12.1 Å². The van der Waals surface area contributed by atoms with Crippen LogP contribution >= 0.6 is 0 Å². The lowest BCUT2D eigenvalue weighted by molar-refractivity contribution is -0.139. The molecule has 2 N–H and O–H groups in total. The van der Waals surface area contributed by atoms with E-state index in [1.54, 1.807) is 17.0 Å². The average molecular weight is 377 g/mol. The van der Waals surface area contributed by atoms with Crippen LogP contribution in [0.5, 0.6) is 0 Å². The molecule has 7 nitrogen and oxygen atoms in total. The van der Waals surface area contributed by atoms with Crippen LogP contribution in [0.4, 0.5) is 4.79 Å². The molecule has 0 unspecified atom stereocenters. The number of amides is 1. The summed E-state index contributed by atoms with van der Waals surface area (Å²) in [6, 6.07) is 15.0. The summed E-state index contributed by atoms with van der Waals surface area (Å²) in [5.74, 6) is -1.21. The Kier molecular flexibility index (Phi) is 4.80. The second-order valence-electron chi connectivity index (χ2n) is 6.62. The van der Waals surface area contributed by atoms with Crippen LogP contribution in [0.15, 0.2) is 67.3 Å². The molecule has 1 heterocycles. The molecule has 0 radical (unpaired) electrons. The molecule has 1 atom stereocenters. The van der Waals surface area contributed by atoms with E-state index in [2.05, 4.69) is 22.4 Å². The predicted molar refractivity (Wildman–Crippen MR) is 102 cm³/mol. The van der Waals surface area contributed by atoms with Crippen molar-refractivity contribution in [1.29, 1.82) is 0 Å². The maximum Gasteiger partial charge on any atom is 0.407 e. The summed E-state index contributed by atoms with van der Waals surface area (Å²) in [5.41, 5.74) is 4.47. The Labute approximate surface area is 161 Å². The van der Waals surface area contributed by atoms with Crippen molar-refractivity contribution in [2.75, 3.05) is 6.61 Å². The molecule has 0 saturated carbocycles. The van der Waals surface area contributed by atoms with Gasteiger partial charge in [0.15, 0.2) is 0 Å². The van der Waals surface area contributed by atoms with Gasteiger partial charge in [-0.2, -0.15) is 0 Å². The Morgan fingerprint density at radius 3 is 2.32 bits per heavy atom. The minimum atomic E-state index is -1.14. The Balaban J connectivity index is 1.44. The van der Waals surface area contributed by atoms with Gasteiger partial charge in [0.1, 0.15) is 12.6 Å². The summed E-state index contributed by atoms with van der Waals surface area (Å²) in [7, 11) is 0. The van der Waals surface area contributed by atoms with Gasteiger partial charge in [-0.15, -0.1) is 0 Å². The number of carboxylic acids is 1. The molecule has 3 aromatic rings. The third-order valence-corrected chi connectivity index (χ3v) is 4.89. The molecule has 0 spiro atoms. The third kappa shape index (κ3) is 3.46. The predicted octanol–water partition coefficient (Wildman–Crippen LogP) is 2.88. The number of nitrogens with one attached hydrogen (secondary N) is 1. The molecule has 1 amide bonds. The summed E-state index contributed by atoms with van der Waals surface area (Å²) in [5, 5.41) is 11.8. The fourth-order valence-electron chi connectivity index (χ4n) is 3.57. The van der Waals surface area contributed by atoms with Crippen molar-refractivity contribution in [3.8, 4) is 11.1 Å². The van der Waals surface area contributed by atoms with E-state index < -0.39 is 18.1 Å². The van der Waals surface area contributed by atoms with Crippen LogP contribution in [-0.2, 0) is 16.1 Å². The lowest BCUT2D eigenvalue weighted by atomic mass is 9.98. The molecule has 0 saturated heterocycles. The Bertz CT molecular complexity index is 955. The van der Waals surface area contributed by atoms with Crippen molar-refractivity contribution in [1.82, 2.24) is 14.9 Å². The minimum Gasteiger partial charge on any atom is -0.480 e. The van der Waals surface area contributed by atoms with Crippen LogP contribution in [-0.4, -0.2) is 39.4 Å². The molecule has 0 bridgehead atoms. The molecule has 1 aromatic heterocycles. The van der Waals surface area contributed by atoms with Gasteiger partial charge in [0.2, 0.25) is 0 Å². The molecule has 28 heavy (non-hydrogen) atoms. The zero-order chi connectivity index (χ0) is 19.5. The summed E-state index contributed by atoms with van der Waals surface area (Å²) < 4.78 is 6.99. The Hall–Kier alpha value is -3.61. The molecule has 2 aromatic carbocycles. The van der Waals surface area contributed by atoms with Crippen LogP contribution in [0, 0.1) is 0 Å². The fraction of sp³-hybridized carbons (Fsp3) is 0.190. The fourth-order valence-corrected chi connectivity index (χ4v) is 3.57. The number of hydrogen-bond donors (Lipinski definition) is 2. The zero-order valence-electron chi connectivity index (χ0n) is 15.0. The maximum atomic E-state index is 12.2. The van der Waals surface area contributed by atoms with Crippen LogP contribution in [0.3, 0.4) is 0 Å². The molecular formula is C21H19N3O4. The lowest BCUT2D eigenvalue weighted by Crippen LogP contribution is -2.44. The average Bonchev–Trinajstić information content (AvgIpc) is 3.32. The number of carbonyl (C=O) groups is 2. The quantitative estimate of drug-likeness (QED) is 0.689. The number of alkyl carbamates (subject to hydrolysis) is 1. The highest BCUT2D eigenvalue weighted by molar-refractivity contribution is 5.81. The second kappa shape index (κ2) is 7.56. The molecular weight excluding hydrogens is 358 g/mol. The van der Waals surface area contributed by atoms with E-state index in [0.717, 1.165) is 22.3 Å². The summed E-state index contributed by atoms with van der Waals surface area (Å²) >= 11 is 0. The summed E-state index contributed by atoms with van der Waals surface area (Å²) in [6.45, 7) is 0.205. The molecule has 1 aliphatic rings. The van der Waals surface area contributed by atoms with Crippen molar-refractivity contribution in [2.24, 2.45) is 0 Å². The second-order valence-corrected chi connectivity index (χ2v) is 6.62. The van der Waals surface area contributed by atoms with E-state index in [1.807, 2.05) is 36.4 Å². The highest BCUT2D eigenvalue weighted by atomic mass is 16.5. The van der Waals surface area contributed by atoms with Gasteiger partial charge < -0.3 is 19.7 Å². The minimum absolute atomic E-state index is 0.0690. The number of hydrogen-bond acceptors (Lipinski definition) is 4. The normalized spacial score (nSPS) is 13.4.